The van der Waals surface area contributed by atoms with Crippen molar-refractivity contribution in [1.29, 1.82) is 0 Å². The average molecular weight is 451 g/mol. The summed E-state index contributed by atoms with van der Waals surface area (Å²) in [4.78, 5) is 12.2. The molecule has 0 saturated heterocycles. The number of thiazole rings is 1. The van der Waals surface area contributed by atoms with E-state index in [9.17, 15) is 13.2 Å². The molecule has 3 rings (SSSR count). The summed E-state index contributed by atoms with van der Waals surface area (Å²) < 4.78 is 41.7. The standard InChI is InChI=1S/C21H26N2O5S2/c1-4-11-23-17-9-8-16(13-20(17)29-21(23)24)30(25,26)22-14-15-7-10-18(27-5-2)19(12-15)28-6-3/h7-10,12-13,22H,4-6,11,14H2,1-3H3. The molecule has 30 heavy (non-hydrogen) atoms. The fourth-order valence-electron chi connectivity index (χ4n) is 3.12. The summed E-state index contributed by atoms with van der Waals surface area (Å²) in [6.07, 6.45) is 0.833. The highest BCUT2D eigenvalue weighted by molar-refractivity contribution is 7.89. The van der Waals surface area contributed by atoms with Crippen LogP contribution in [0.15, 0.2) is 46.1 Å². The second-order valence-corrected chi connectivity index (χ2v) is 9.38. The molecule has 0 fully saturated rings. The lowest BCUT2D eigenvalue weighted by molar-refractivity contribution is 0.287. The monoisotopic (exact) mass is 450 g/mol. The molecule has 7 nitrogen and oxygen atoms in total. The van der Waals surface area contributed by atoms with Gasteiger partial charge in [0.15, 0.2) is 11.5 Å². The first-order valence-corrected chi connectivity index (χ1v) is 12.2. The Morgan fingerprint density at radius 1 is 1.00 bits per heavy atom. The smallest absolute Gasteiger partial charge is 0.308 e. The van der Waals surface area contributed by atoms with Crippen LogP contribution in [0.4, 0.5) is 0 Å². The number of nitrogens with zero attached hydrogens (tertiary/aromatic N) is 1. The fourth-order valence-corrected chi connectivity index (χ4v) is 5.19. The van der Waals surface area contributed by atoms with Crippen LogP contribution >= 0.6 is 11.3 Å². The molecule has 0 aliphatic rings. The molecule has 2 aromatic carbocycles. The highest BCUT2D eigenvalue weighted by Gasteiger charge is 2.17. The molecular formula is C21H26N2O5S2. The molecule has 0 saturated carbocycles. The summed E-state index contributed by atoms with van der Waals surface area (Å²) >= 11 is 1.06. The average Bonchev–Trinajstić information content (AvgIpc) is 3.03. The third-order valence-corrected chi connectivity index (χ3v) is 6.81. The van der Waals surface area contributed by atoms with E-state index in [-0.39, 0.29) is 16.3 Å². The van der Waals surface area contributed by atoms with Gasteiger partial charge in [-0.2, -0.15) is 0 Å². The summed E-state index contributed by atoms with van der Waals surface area (Å²) in [6, 6.07) is 10.1. The van der Waals surface area contributed by atoms with Crippen molar-refractivity contribution in [3.8, 4) is 11.5 Å². The van der Waals surface area contributed by atoms with Crippen molar-refractivity contribution in [2.75, 3.05) is 13.2 Å². The predicted octanol–water partition coefficient (Wildman–Crippen LogP) is 3.75. The van der Waals surface area contributed by atoms with Crippen molar-refractivity contribution in [3.63, 3.8) is 0 Å². The van der Waals surface area contributed by atoms with Crippen LogP contribution in [0, 0.1) is 0 Å². The summed E-state index contributed by atoms with van der Waals surface area (Å²) in [5.41, 5.74) is 1.52. The first kappa shape index (κ1) is 22.3. The molecule has 1 aromatic heterocycles. The Bertz CT molecular complexity index is 1180. The fraction of sp³-hybridized carbons (Fsp3) is 0.381. The lowest BCUT2D eigenvalue weighted by atomic mass is 10.2. The molecule has 9 heteroatoms. The van der Waals surface area contributed by atoms with Crippen LogP contribution in [0.5, 0.6) is 11.5 Å². The Morgan fingerprint density at radius 3 is 2.43 bits per heavy atom. The number of nitrogens with one attached hydrogen (secondary N) is 1. The molecule has 1 N–H and O–H groups in total. The lowest BCUT2D eigenvalue weighted by Gasteiger charge is -2.13. The summed E-state index contributed by atoms with van der Waals surface area (Å²) in [7, 11) is -3.74. The van der Waals surface area contributed by atoms with Gasteiger partial charge in [0.2, 0.25) is 10.0 Å². The van der Waals surface area contributed by atoms with Crippen molar-refractivity contribution in [2.45, 2.75) is 45.2 Å². The largest absolute Gasteiger partial charge is 0.490 e. The molecular weight excluding hydrogens is 424 g/mol. The SMILES string of the molecule is CCCn1c(=O)sc2cc(S(=O)(=O)NCc3ccc(OCC)c(OCC)c3)ccc21. The third-order valence-electron chi connectivity index (χ3n) is 4.47. The highest BCUT2D eigenvalue weighted by atomic mass is 32.2. The Hall–Kier alpha value is -2.36. The molecule has 0 amide bonds. The number of hydrogen-bond acceptors (Lipinski definition) is 6. The second-order valence-electron chi connectivity index (χ2n) is 6.62. The molecule has 0 atom stereocenters. The minimum Gasteiger partial charge on any atom is -0.490 e. The van der Waals surface area contributed by atoms with Gasteiger partial charge in [-0.15, -0.1) is 0 Å². The first-order chi connectivity index (χ1) is 14.4. The first-order valence-electron chi connectivity index (χ1n) is 9.91. The summed E-state index contributed by atoms with van der Waals surface area (Å²) in [6.45, 7) is 7.49. The van der Waals surface area contributed by atoms with Crippen molar-refractivity contribution in [1.82, 2.24) is 9.29 Å². The lowest BCUT2D eigenvalue weighted by Crippen LogP contribution is -2.23. The van der Waals surface area contributed by atoms with Crippen LogP contribution in [-0.4, -0.2) is 26.2 Å². The molecule has 0 radical (unpaired) electrons. The van der Waals surface area contributed by atoms with E-state index in [1.165, 1.54) is 6.07 Å². The van der Waals surface area contributed by atoms with Crippen LogP contribution in [0.1, 0.15) is 32.8 Å². The zero-order valence-corrected chi connectivity index (χ0v) is 18.9. The van der Waals surface area contributed by atoms with Crippen LogP contribution in [-0.2, 0) is 23.1 Å². The molecule has 162 valence electrons. The van der Waals surface area contributed by atoms with Gasteiger partial charge in [-0.3, -0.25) is 9.36 Å². The van der Waals surface area contributed by atoms with Crippen molar-refractivity contribution in [3.05, 3.63) is 51.6 Å². The van der Waals surface area contributed by atoms with Crippen molar-refractivity contribution < 1.29 is 17.9 Å². The van der Waals surface area contributed by atoms with Gasteiger partial charge in [0.1, 0.15) is 0 Å². The number of rotatable bonds is 10. The van der Waals surface area contributed by atoms with Gasteiger partial charge in [-0.25, -0.2) is 13.1 Å². The minimum atomic E-state index is -3.74. The van der Waals surface area contributed by atoms with E-state index < -0.39 is 10.0 Å². The van der Waals surface area contributed by atoms with Gasteiger partial charge < -0.3 is 9.47 Å². The van der Waals surface area contributed by atoms with Gasteiger partial charge in [0.25, 0.3) is 0 Å². The van der Waals surface area contributed by atoms with Gasteiger partial charge in [0, 0.05) is 13.1 Å². The third kappa shape index (κ3) is 4.85. The van der Waals surface area contributed by atoms with Gasteiger partial charge >= 0.3 is 4.87 Å². The second kappa shape index (κ2) is 9.63. The van der Waals surface area contributed by atoms with E-state index >= 15 is 0 Å². The van der Waals surface area contributed by atoms with E-state index in [0.29, 0.717) is 36.0 Å². The molecule has 0 unspecified atom stereocenters. The maximum absolute atomic E-state index is 12.8. The Morgan fingerprint density at radius 2 is 1.73 bits per heavy atom. The van der Waals surface area contributed by atoms with Crippen LogP contribution in [0.2, 0.25) is 0 Å². The molecule has 1 heterocycles. The molecule has 0 bridgehead atoms. The molecule has 3 aromatic rings. The van der Waals surface area contributed by atoms with Gasteiger partial charge in [-0.05, 0) is 56.2 Å². The van der Waals surface area contributed by atoms with E-state index in [0.717, 1.165) is 28.8 Å². The number of aryl methyl sites for hydroxylation is 1. The normalized spacial score (nSPS) is 11.7. The Kier molecular flexibility index (Phi) is 7.17. The van der Waals surface area contributed by atoms with Crippen molar-refractivity contribution in [2.24, 2.45) is 0 Å². The van der Waals surface area contributed by atoms with Crippen LogP contribution < -0.4 is 19.1 Å². The number of aromatic nitrogens is 1. The van der Waals surface area contributed by atoms with E-state index in [4.69, 9.17) is 9.47 Å². The highest BCUT2D eigenvalue weighted by Crippen LogP contribution is 2.29. The Balaban J connectivity index is 1.81. The molecule has 0 spiro atoms. The summed E-state index contributed by atoms with van der Waals surface area (Å²) in [5.74, 6) is 1.21. The van der Waals surface area contributed by atoms with E-state index in [1.807, 2.05) is 20.8 Å². The molecule has 0 aliphatic heterocycles. The minimum absolute atomic E-state index is 0.0767. The quantitative estimate of drug-likeness (QED) is 0.508. The van der Waals surface area contributed by atoms with Gasteiger partial charge in [0.05, 0.1) is 28.3 Å². The molecule has 0 aliphatic carbocycles. The number of ether oxygens (including phenoxy) is 2. The maximum atomic E-state index is 12.8. The predicted molar refractivity (Wildman–Crippen MR) is 119 cm³/mol. The zero-order chi connectivity index (χ0) is 21.7. The van der Waals surface area contributed by atoms with Gasteiger partial charge in [-0.1, -0.05) is 24.3 Å². The Labute approximate surface area is 180 Å². The van der Waals surface area contributed by atoms with E-state index in [1.54, 1.807) is 34.9 Å². The van der Waals surface area contributed by atoms with E-state index in [2.05, 4.69) is 4.72 Å². The van der Waals surface area contributed by atoms with Crippen LogP contribution in [0.3, 0.4) is 0 Å². The number of hydrogen-bond donors (Lipinski definition) is 1. The number of fused-ring (bicyclic) bond motifs is 1. The zero-order valence-electron chi connectivity index (χ0n) is 17.3. The van der Waals surface area contributed by atoms with Crippen molar-refractivity contribution >= 4 is 31.6 Å². The number of sulfonamides is 1. The van der Waals surface area contributed by atoms with Crippen LogP contribution in [0.25, 0.3) is 10.2 Å². The summed E-state index contributed by atoms with van der Waals surface area (Å²) in [5, 5.41) is 0. The number of benzene rings is 2. The topological polar surface area (TPSA) is 86.6 Å². The maximum Gasteiger partial charge on any atom is 0.308 e.